The van der Waals surface area contributed by atoms with Gasteiger partial charge in [0.15, 0.2) is 0 Å². The van der Waals surface area contributed by atoms with Crippen molar-refractivity contribution in [3.8, 4) is 5.88 Å². The molecule has 2 aromatic heterocycles. The zero-order valence-corrected chi connectivity index (χ0v) is 12.9. The van der Waals surface area contributed by atoms with Crippen LogP contribution in [-0.2, 0) is 0 Å². The zero-order valence-electron chi connectivity index (χ0n) is 12.9. The van der Waals surface area contributed by atoms with Gasteiger partial charge in [-0.15, -0.1) is 0 Å². The van der Waals surface area contributed by atoms with Crippen molar-refractivity contribution in [2.45, 2.75) is 25.7 Å². The Hall–Kier alpha value is -2.37. The minimum absolute atomic E-state index is 0.0168. The molecular formula is C16H20N4O2. The van der Waals surface area contributed by atoms with Gasteiger partial charge < -0.3 is 14.6 Å². The van der Waals surface area contributed by atoms with Gasteiger partial charge in [0.05, 0.1) is 12.7 Å². The van der Waals surface area contributed by atoms with Crippen LogP contribution in [0, 0.1) is 6.92 Å². The number of hydrogen-bond donors (Lipinski definition) is 1. The lowest BCUT2D eigenvalue weighted by Gasteiger charge is -2.31. The summed E-state index contributed by atoms with van der Waals surface area (Å²) < 4.78 is 5.02. The fourth-order valence-corrected chi connectivity index (χ4v) is 2.84. The predicted octanol–water partition coefficient (Wildman–Crippen LogP) is 2.14. The van der Waals surface area contributed by atoms with Gasteiger partial charge in [-0.1, -0.05) is 0 Å². The van der Waals surface area contributed by atoms with Gasteiger partial charge in [-0.25, -0.2) is 9.97 Å². The van der Waals surface area contributed by atoms with Crippen LogP contribution in [-0.4, -0.2) is 46.0 Å². The number of imidazole rings is 1. The average molecular weight is 300 g/mol. The number of H-pyrrole nitrogens is 1. The molecule has 0 aliphatic carbocycles. The van der Waals surface area contributed by atoms with E-state index in [1.165, 1.54) is 0 Å². The van der Waals surface area contributed by atoms with E-state index in [2.05, 4.69) is 15.0 Å². The van der Waals surface area contributed by atoms with Gasteiger partial charge in [0, 0.05) is 43.2 Å². The normalized spacial score (nSPS) is 18.3. The first kappa shape index (κ1) is 14.6. The molecule has 6 nitrogen and oxygen atoms in total. The summed E-state index contributed by atoms with van der Waals surface area (Å²) >= 11 is 0. The van der Waals surface area contributed by atoms with E-state index in [-0.39, 0.29) is 11.8 Å². The molecule has 0 bridgehead atoms. The molecule has 3 rings (SSSR count). The number of likely N-dealkylation sites (tertiary alicyclic amines) is 1. The maximum Gasteiger partial charge on any atom is 0.255 e. The molecule has 0 aromatic carbocycles. The third-order valence-electron chi connectivity index (χ3n) is 4.01. The number of nitrogens with one attached hydrogen (secondary N) is 1. The van der Waals surface area contributed by atoms with Crippen LogP contribution in [0.3, 0.4) is 0 Å². The highest BCUT2D eigenvalue weighted by atomic mass is 16.5. The molecule has 0 radical (unpaired) electrons. The number of pyridine rings is 1. The van der Waals surface area contributed by atoms with E-state index in [0.717, 1.165) is 30.9 Å². The van der Waals surface area contributed by atoms with Crippen LogP contribution >= 0.6 is 0 Å². The third-order valence-corrected chi connectivity index (χ3v) is 4.01. The number of carbonyl (C=O) groups is 1. The SMILES string of the molecule is COc1ccc(C(=O)N2CCCC(c3ncc(C)[nH]3)C2)cn1. The van der Waals surface area contributed by atoms with E-state index in [9.17, 15) is 4.79 Å². The largest absolute Gasteiger partial charge is 0.481 e. The molecule has 6 heteroatoms. The molecule has 1 fully saturated rings. The Bertz CT molecular complexity index is 650. The standard InChI is InChI=1S/C16H20N4O2/c1-11-8-18-15(19-11)13-4-3-7-20(10-13)16(21)12-5-6-14(22-2)17-9-12/h5-6,8-9,13H,3-4,7,10H2,1-2H3,(H,18,19). The van der Waals surface area contributed by atoms with Crippen molar-refractivity contribution in [3.63, 3.8) is 0 Å². The van der Waals surface area contributed by atoms with Crippen LogP contribution in [0.2, 0.25) is 0 Å². The highest BCUT2D eigenvalue weighted by molar-refractivity contribution is 5.94. The molecule has 1 aliphatic heterocycles. The monoisotopic (exact) mass is 300 g/mol. The van der Waals surface area contributed by atoms with Crippen LogP contribution in [0.25, 0.3) is 0 Å². The number of nitrogens with zero attached hydrogens (tertiary/aromatic N) is 3. The number of amides is 1. The Labute approximate surface area is 129 Å². The lowest BCUT2D eigenvalue weighted by molar-refractivity contribution is 0.0704. The number of ether oxygens (including phenoxy) is 1. The Morgan fingerprint density at radius 3 is 2.86 bits per heavy atom. The summed E-state index contributed by atoms with van der Waals surface area (Å²) in [6.45, 7) is 3.46. The first-order valence-electron chi connectivity index (χ1n) is 7.48. The molecule has 2 aromatic rings. The molecule has 22 heavy (non-hydrogen) atoms. The second-order valence-corrected chi connectivity index (χ2v) is 5.63. The average Bonchev–Trinajstić information content (AvgIpc) is 3.01. The van der Waals surface area contributed by atoms with Crippen LogP contribution in [0.1, 0.15) is 40.6 Å². The first-order valence-corrected chi connectivity index (χ1v) is 7.48. The predicted molar refractivity (Wildman–Crippen MR) is 82.0 cm³/mol. The Morgan fingerprint density at radius 1 is 1.36 bits per heavy atom. The maximum absolute atomic E-state index is 12.6. The van der Waals surface area contributed by atoms with Gasteiger partial charge in [-0.2, -0.15) is 0 Å². The van der Waals surface area contributed by atoms with E-state index in [1.54, 1.807) is 25.4 Å². The van der Waals surface area contributed by atoms with Crippen molar-refractivity contribution >= 4 is 5.91 Å². The third kappa shape index (κ3) is 2.95. The number of hydrogen-bond acceptors (Lipinski definition) is 4. The molecule has 1 atom stereocenters. The van der Waals surface area contributed by atoms with Crippen LogP contribution in [0.15, 0.2) is 24.5 Å². The Kier molecular flexibility index (Phi) is 4.09. The number of aryl methyl sites for hydroxylation is 1. The minimum Gasteiger partial charge on any atom is -0.481 e. The van der Waals surface area contributed by atoms with E-state index in [4.69, 9.17) is 4.74 Å². The summed E-state index contributed by atoms with van der Waals surface area (Å²) in [5, 5.41) is 0. The molecule has 3 heterocycles. The highest BCUT2D eigenvalue weighted by Gasteiger charge is 2.27. The topological polar surface area (TPSA) is 71.1 Å². The second kappa shape index (κ2) is 6.17. The zero-order chi connectivity index (χ0) is 15.5. The fourth-order valence-electron chi connectivity index (χ4n) is 2.84. The summed E-state index contributed by atoms with van der Waals surface area (Å²) in [4.78, 5) is 26.3. The number of piperidine rings is 1. The van der Waals surface area contributed by atoms with Crippen molar-refractivity contribution in [3.05, 3.63) is 41.6 Å². The summed E-state index contributed by atoms with van der Waals surface area (Å²) in [7, 11) is 1.56. The van der Waals surface area contributed by atoms with Crippen LogP contribution in [0.4, 0.5) is 0 Å². The van der Waals surface area contributed by atoms with E-state index < -0.39 is 0 Å². The quantitative estimate of drug-likeness (QED) is 0.942. The second-order valence-electron chi connectivity index (χ2n) is 5.63. The number of aromatic amines is 1. The Balaban J connectivity index is 1.71. The molecule has 1 amide bonds. The van der Waals surface area contributed by atoms with Crippen molar-refractivity contribution in [1.29, 1.82) is 0 Å². The van der Waals surface area contributed by atoms with Crippen LogP contribution in [0.5, 0.6) is 5.88 Å². The van der Waals surface area contributed by atoms with Crippen molar-refractivity contribution in [2.24, 2.45) is 0 Å². The number of carbonyl (C=O) groups excluding carboxylic acids is 1. The summed E-state index contributed by atoms with van der Waals surface area (Å²) in [6.07, 6.45) is 5.45. The van der Waals surface area contributed by atoms with Crippen LogP contribution < -0.4 is 4.74 Å². The summed E-state index contributed by atoms with van der Waals surface area (Å²) in [6, 6.07) is 3.47. The van der Waals surface area contributed by atoms with Crippen molar-refractivity contribution in [2.75, 3.05) is 20.2 Å². The van der Waals surface area contributed by atoms with E-state index in [1.807, 2.05) is 18.0 Å². The molecule has 1 aliphatic rings. The van der Waals surface area contributed by atoms with Gasteiger partial charge in [0.25, 0.3) is 5.91 Å². The number of aromatic nitrogens is 3. The Morgan fingerprint density at radius 2 is 2.23 bits per heavy atom. The maximum atomic E-state index is 12.6. The number of methoxy groups -OCH3 is 1. The molecular weight excluding hydrogens is 280 g/mol. The van der Waals surface area contributed by atoms with Gasteiger partial charge in [-0.05, 0) is 25.8 Å². The van der Waals surface area contributed by atoms with Gasteiger partial charge in [0.1, 0.15) is 5.82 Å². The summed E-state index contributed by atoms with van der Waals surface area (Å²) in [5.41, 5.74) is 1.65. The van der Waals surface area contributed by atoms with Gasteiger partial charge >= 0.3 is 0 Å². The minimum atomic E-state index is 0.0168. The fraction of sp³-hybridized carbons (Fsp3) is 0.438. The van der Waals surface area contributed by atoms with Crippen molar-refractivity contribution in [1.82, 2.24) is 19.9 Å². The lowest BCUT2D eigenvalue weighted by Crippen LogP contribution is -2.39. The van der Waals surface area contributed by atoms with E-state index >= 15 is 0 Å². The summed E-state index contributed by atoms with van der Waals surface area (Å²) in [5.74, 6) is 1.78. The first-order chi connectivity index (χ1) is 10.7. The smallest absolute Gasteiger partial charge is 0.255 e. The van der Waals surface area contributed by atoms with Gasteiger partial charge in [0.2, 0.25) is 5.88 Å². The van der Waals surface area contributed by atoms with Crippen molar-refractivity contribution < 1.29 is 9.53 Å². The molecule has 1 saturated heterocycles. The molecule has 1 N–H and O–H groups in total. The highest BCUT2D eigenvalue weighted by Crippen LogP contribution is 2.26. The lowest BCUT2D eigenvalue weighted by atomic mass is 9.97. The van der Waals surface area contributed by atoms with Gasteiger partial charge in [-0.3, -0.25) is 4.79 Å². The number of rotatable bonds is 3. The van der Waals surface area contributed by atoms with E-state index in [0.29, 0.717) is 18.0 Å². The molecule has 0 spiro atoms. The molecule has 0 saturated carbocycles. The molecule has 1 unspecified atom stereocenters. The molecule has 116 valence electrons.